The molecule has 3 N–H and O–H groups in total. The number of rotatable bonds is 8. The molecular weight excluding hydrogens is 778 g/mol. The number of aliphatic hydroxyl groups is 1. The van der Waals surface area contributed by atoms with Gasteiger partial charge >= 0.3 is 12.2 Å². The van der Waals surface area contributed by atoms with Crippen molar-refractivity contribution < 1.29 is 42.3 Å². The second-order valence-corrected chi connectivity index (χ2v) is 16.8. The molecule has 0 saturated carbocycles. The van der Waals surface area contributed by atoms with Gasteiger partial charge in [-0.15, -0.1) is 11.3 Å². The fourth-order valence-electron chi connectivity index (χ4n) is 8.16. The number of thiazole rings is 1. The van der Waals surface area contributed by atoms with Crippen LogP contribution < -0.4 is 15.5 Å². The van der Waals surface area contributed by atoms with Gasteiger partial charge in [0.1, 0.15) is 11.4 Å². The first-order valence-electron chi connectivity index (χ1n) is 19.2. The number of nitrogens with one attached hydrogen (secondary N) is 2. The number of hydrazine groups is 1. The van der Waals surface area contributed by atoms with Crippen LogP contribution in [0.25, 0.3) is 10.2 Å². The normalized spacial score (nSPS) is 19.0. The number of nitrogens with zero attached hydrogens (tertiary/aromatic N) is 6. The molecule has 0 atom stereocenters. The van der Waals surface area contributed by atoms with Gasteiger partial charge in [0.25, 0.3) is 17.7 Å². The third kappa shape index (κ3) is 7.75. The summed E-state index contributed by atoms with van der Waals surface area (Å²) in [6.07, 6.45) is -0.959. The van der Waals surface area contributed by atoms with E-state index >= 15 is 0 Å². The zero-order valence-electron chi connectivity index (χ0n) is 31.8. The summed E-state index contributed by atoms with van der Waals surface area (Å²) >= 11 is 1.51. The molecular formula is C40H41F3N8O6S. The standard InChI is InChI=1S/C40H41F3N8O6S/c1-39(2,57)27-19-30-31(20-29(27)45-34(53)28-4-3-5-32(44-28)40(41,42)43)58-35(46-30)23-10-13-48(14-11-23)21-22-8-15-49(16-9-22)24-6-7-25-26(18-24)37(55)51(36(25)54)50-17-12-33(52)47-38(50)56/h3-7,18-20,22-23,57H,8-17,21H2,1-2H3,(H,45,53)(H,47,52,56). The van der Waals surface area contributed by atoms with E-state index in [0.29, 0.717) is 17.0 Å². The molecule has 304 valence electrons. The van der Waals surface area contributed by atoms with Gasteiger partial charge in [0.15, 0.2) is 0 Å². The van der Waals surface area contributed by atoms with Crippen molar-refractivity contribution in [3.63, 3.8) is 0 Å². The van der Waals surface area contributed by atoms with E-state index in [1.54, 1.807) is 38.1 Å². The zero-order valence-corrected chi connectivity index (χ0v) is 32.6. The van der Waals surface area contributed by atoms with Gasteiger partial charge in [-0.05, 0) is 101 Å². The average molecular weight is 819 g/mol. The Bertz CT molecular complexity index is 2330. The molecule has 6 amide bonds. The van der Waals surface area contributed by atoms with Crippen molar-refractivity contribution in [1.82, 2.24) is 30.2 Å². The highest BCUT2D eigenvalue weighted by molar-refractivity contribution is 7.18. The van der Waals surface area contributed by atoms with Crippen LogP contribution in [0.5, 0.6) is 0 Å². The minimum atomic E-state index is -4.70. The maximum atomic E-state index is 13.3. The molecule has 2 aromatic heterocycles. The van der Waals surface area contributed by atoms with Gasteiger partial charge < -0.3 is 20.2 Å². The molecule has 18 heteroatoms. The quantitative estimate of drug-likeness (QED) is 0.187. The second kappa shape index (κ2) is 15.0. The minimum absolute atomic E-state index is 0.00416. The van der Waals surface area contributed by atoms with E-state index in [2.05, 4.69) is 25.4 Å². The average Bonchev–Trinajstić information content (AvgIpc) is 3.71. The number of carbonyl (C=O) groups excluding carboxylic acids is 5. The number of likely N-dealkylation sites (tertiary alicyclic amines) is 1. The van der Waals surface area contributed by atoms with Crippen molar-refractivity contribution in [3.05, 3.63) is 81.6 Å². The number of carbonyl (C=O) groups is 5. The van der Waals surface area contributed by atoms with Crippen LogP contribution in [0.1, 0.15) is 99.3 Å². The molecule has 14 nitrogen and oxygen atoms in total. The predicted molar refractivity (Wildman–Crippen MR) is 207 cm³/mol. The Kier molecular flexibility index (Phi) is 10.2. The van der Waals surface area contributed by atoms with E-state index in [0.717, 1.165) is 96.0 Å². The summed E-state index contributed by atoms with van der Waals surface area (Å²) in [7, 11) is 0. The van der Waals surface area contributed by atoms with Gasteiger partial charge in [0, 0.05) is 48.9 Å². The Labute approximate surface area is 335 Å². The predicted octanol–water partition coefficient (Wildman–Crippen LogP) is 5.74. The SMILES string of the molecule is CC(C)(O)c1cc2nc(C3CCN(CC4CCN(c5ccc6c(c5)C(=O)N(N5CCC(=O)NC5=O)C6=O)CC4)CC3)sc2cc1NC(=O)c1cccc(C(F)(F)F)n1. The third-order valence-electron chi connectivity index (χ3n) is 11.3. The molecule has 3 fully saturated rings. The van der Waals surface area contributed by atoms with E-state index in [1.807, 2.05) is 6.07 Å². The van der Waals surface area contributed by atoms with Crippen LogP contribution in [0.4, 0.5) is 29.3 Å². The molecule has 6 heterocycles. The summed E-state index contributed by atoms with van der Waals surface area (Å²) in [6.45, 7) is 7.43. The third-order valence-corrected chi connectivity index (χ3v) is 12.5. The number of imide groups is 2. The highest BCUT2D eigenvalue weighted by Crippen LogP contribution is 2.39. The van der Waals surface area contributed by atoms with Crippen molar-refractivity contribution in [2.45, 2.75) is 63.6 Å². The lowest BCUT2D eigenvalue weighted by atomic mass is 9.92. The number of urea groups is 1. The van der Waals surface area contributed by atoms with E-state index in [1.165, 1.54) is 17.4 Å². The first-order valence-corrected chi connectivity index (χ1v) is 20.0. The number of hydrogen-bond donors (Lipinski definition) is 3. The van der Waals surface area contributed by atoms with Crippen LogP contribution in [-0.2, 0) is 16.6 Å². The summed E-state index contributed by atoms with van der Waals surface area (Å²) in [5, 5.41) is 18.6. The smallest absolute Gasteiger partial charge is 0.386 e. The summed E-state index contributed by atoms with van der Waals surface area (Å²) in [5.41, 5.74) is -0.319. The van der Waals surface area contributed by atoms with E-state index in [4.69, 9.17) is 4.98 Å². The van der Waals surface area contributed by atoms with Gasteiger partial charge in [0.05, 0.1) is 38.5 Å². The summed E-state index contributed by atoms with van der Waals surface area (Å²) in [5.74, 6) is -1.73. The Morgan fingerprint density at radius 3 is 2.33 bits per heavy atom. The lowest BCUT2D eigenvalue weighted by Gasteiger charge is -2.38. The largest absolute Gasteiger partial charge is 0.433 e. The molecule has 3 saturated heterocycles. The van der Waals surface area contributed by atoms with Gasteiger partial charge in [-0.1, -0.05) is 6.07 Å². The van der Waals surface area contributed by atoms with Crippen molar-refractivity contribution in [1.29, 1.82) is 0 Å². The fourth-order valence-corrected chi connectivity index (χ4v) is 9.32. The van der Waals surface area contributed by atoms with Crippen LogP contribution in [0.3, 0.4) is 0 Å². The molecule has 0 radical (unpaired) electrons. The van der Waals surface area contributed by atoms with Gasteiger partial charge in [0.2, 0.25) is 5.91 Å². The van der Waals surface area contributed by atoms with E-state index in [-0.39, 0.29) is 35.7 Å². The molecule has 4 aliphatic rings. The number of benzene rings is 2. The summed E-state index contributed by atoms with van der Waals surface area (Å²) < 4.78 is 40.5. The highest BCUT2D eigenvalue weighted by Gasteiger charge is 2.43. The van der Waals surface area contributed by atoms with Crippen molar-refractivity contribution in [2.75, 3.05) is 49.5 Å². The number of hydrogen-bond acceptors (Lipinski definition) is 11. The van der Waals surface area contributed by atoms with Crippen LogP contribution in [0, 0.1) is 5.92 Å². The van der Waals surface area contributed by atoms with Crippen LogP contribution in [-0.4, -0.2) is 98.9 Å². The molecule has 2 aromatic carbocycles. The molecule has 0 spiro atoms. The first kappa shape index (κ1) is 39.4. The molecule has 0 bridgehead atoms. The fraction of sp³-hybridized carbons (Fsp3) is 0.425. The summed E-state index contributed by atoms with van der Waals surface area (Å²) in [4.78, 5) is 76.5. The Morgan fingerprint density at radius 2 is 1.64 bits per heavy atom. The number of pyridine rings is 1. The number of anilines is 2. The van der Waals surface area contributed by atoms with Gasteiger partial charge in [-0.25, -0.2) is 19.8 Å². The lowest BCUT2D eigenvalue weighted by molar-refractivity contribution is -0.141. The molecule has 8 rings (SSSR count). The number of amides is 6. The molecule has 4 aromatic rings. The number of halogens is 3. The molecule has 58 heavy (non-hydrogen) atoms. The molecule has 0 unspecified atom stereocenters. The first-order chi connectivity index (χ1) is 27.5. The molecule has 0 aliphatic carbocycles. The maximum absolute atomic E-state index is 13.3. The van der Waals surface area contributed by atoms with Crippen molar-refractivity contribution >= 4 is 62.6 Å². The monoisotopic (exact) mass is 818 g/mol. The van der Waals surface area contributed by atoms with E-state index in [9.17, 15) is 42.3 Å². The number of aromatic nitrogens is 2. The van der Waals surface area contributed by atoms with Crippen molar-refractivity contribution in [2.24, 2.45) is 5.92 Å². The Hall–Kier alpha value is -5.46. The zero-order chi connectivity index (χ0) is 41.1. The number of alkyl halides is 3. The Balaban J connectivity index is 0.863. The lowest BCUT2D eigenvalue weighted by Crippen LogP contribution is -2.58. The molecule has 4 aliphatic heterocycles. The topological polar surface area (TPSA) is 168 Å². The minimum Gasteiger partial charge on any atom is -0.386 e. The number of piperidine rings is 2. The van der Waals surface area contributed by atoms with Crippen LogP contribution in [0.15, 0.2) is 48.5 Å². The van der Waals surface area contributed by atoms with Crippen molar-refractivity contribution in [3.8, 4) is 0 Å². The van der Waals surface area contributed by atoms with Crippen LogP contribution >= 0.6 is 11.3 Å². The van der Waals surface area contributed by atoms with Gasteiger partial charge in [-0.2, -0.15) is 18.2 Å². The second-order valence-electron chi connectivity index (χ2n) is 15.7. The maximum Gasteiger partial charge on any atom is 0.433 e. The highest BCUT2D eigenvalue weighted by atomic mass is 32.1. The van der Waals surface area contributed by atoms with E-state index < -0.39 is 52.8 Å². The van der Waals surface area contributed by atoms with Gasteiger partial charge in [-0.3, -0.25) is 24.5 Å². The summed E-state index contributed by atoms with van der Waals surface area (Å²) in [6, 6.07) is 11.0. The van der Waals surface area contributed by atoms with Crippen LogP contribution in [0.2, 0.25) is 0 Å². The Morgan fingerprint density at radius 1 is 0.914 bits per heavy atom. The number of fused-ring (bicyclic) bond motifs is 2.